The summed E-state index contributed by atoms with van der Waals surface area (Å²) in [6.07, 6.45) is 11.9. The summed E-state index contributed by atoms with van der Waals surface area (Å²) in [5.74, 6) is 2.30. The number of ether oxygens (including phenoxy) is 2. The topological polar surface area (TPSA) is 227 Å². The SMILES string of the molecule is CC1(C)Oc2ncnc(N)c2N=C1c1ccc(C2CCC(CC(=O)O)CC2)cc1.CC1(C)Oc2ncnc(N)c2N=C1c1ccc(C2CCC(CC(N)=O)CC2)cc1. The number of aliphatic carboxylic acids is 1. The van der Waals surface area contributed by atoms with Gasteiger partial charge in [0.2, 0.25) is 17.7 Å². The Kier molecular flexibility index (Phi) is 11.5. The van der Waals surface area contributed by atoms with E-state index in [9.17, 15) is 9.59 Å². The number of primary amides is 1. The molecule has 2 aromatic carbocycles. The second-order valence-corrected chi connectivity index (χ2v) is 16.9. The lowest BCUT2D eigenvalue weighted by atomic mass is 9.77. The van der Waals surface area contributed by atoms with Crippen LogP contribution in [0, 0.1) is 11.8 Å². The zero-order chi connectivity index (χ0) is 41.2. The molecule has 0 atom stereocenters. The summed E-state index contributed by atoms with van der Waals surface area (Å²) in [6, 6.07) is 17.0. The number of nitrogens with zero attached hydrogens (tertiary/aromatic N) is 6. The van der Waals surface area contributed by atoms with Gasteiger partial charge in [0, 0.05) is 24.0 Å². The van der Waals surface area contributed by atoms with Crippen LogP contribution in [-0.4, -0.2) is 59.5 Å². The van der Waals surface area contributed by atoms with Gasteiger partial charge in [0.05, 0.1) is 11.4 Å². The number of carbonyl (C=O) groups excluding carboxylic acids is 1. The summed E-state index contributed by atoms with van der Waals surface area (Å²) in [5, 5.41) is 8.99. The zero-order valence-corrected chi connectivity index (χ0v) is 33.6. The number of aliphatic imine (C=N–C) groups is 2. The molecule has 58 heavy (non-hydrogen) atoms. The van der Waals surface area contributed by atoms with Gasteiger partial charge in [-0.2, -0.15) is 9.97 Å². The number of fused-ring (bicyclic) bond motifs is 2. The summed E-state index contributed by atoms with van der Waals surface area (Å²) in [4.78, 5) is 47.9. The molecule has 4 heterocycles. The molecule has 8 rings (SSSR count). The molecule has 0 spiro atoms. The van der Waals surface area contributed by atoms with Crippen molar-refractivity contribution in [3.63, 3.8) is 0 Å². The van der Waals surface area contributed by atoms with Crippen molar-refractivity contribution < 1.29 is 24.2 Å². The number of aromatic nitrogens is 4. The van der Waals surface area contributed by atoms with Gasteiger partial charge in [-0.1, -0.05) is 48.5 Å². The highest BCUT2D eigenvalue weighted by atomic mass is 16.5. The van der Waals surface area contributed by atoms with Gasteiger partial charge in [-0.05, 0) is 114 Å². The van der Waals surface area contributed by atoms with Crippen molar-refractivity contribution in [1.29, 1.82) is 0 Å². The molecule has 0 bridgehead atoms. The molecule has 14 heteroatoms. The quantitative estimate of drug-likeness (QED) is 0.136. The number of carbonyl (C=O) groups is 2. The van der Waals surface area contributed by atoms with E-state index in [1.54, 1.807) is 0 Å². The van der Waals surface area contributed by atoms with E-state index in [2.05, 4.69) is 68.5 Å². The number of benzene rings is 2. The Morgan fingerprint density at radius 3 is 1.36 bits per heavy atom. The molecule has 2 aliphatic heterocycles. The monoisotopic (exact) mass is 787 g/mol. The van der Waals surface area contributed by atoms with Crippen LogP contribution < -0.4 is 26.7 Å². The van der Waals surface area contributed by atoms with Gasteiger partial charge in [0.15, 0.2) is 23.0 Å². The Bertz CT molecular complexity index is 2050. The fourth-order valence-corrected chi connectivity index (χ4v) is 8.77. The Morgan fingerprint density at radius 1 is 0.621 bits per heavy atom. The first-order chi connectivity index (χ1) is 27.7. The van der Waals surface area contributed by atoms with Crippen LogP contribution in [0.25, 0.3) is 0 Å². The van der Waals surface area contributed by atoms with Crippen molar-refractivity contribution >= 4 is 46.3 Å². The molecular weight excluding hydrogens is 735 g/mol. The maximum absolute atomic E-state index is 11.1. The predicted octanol–water partition coefficient (Wildman–Crippen LogP) is 7.60. The minimum atomic E-state index is -0.691. The normalized spacial score (nSPS) is 22.9. The fraction of sp³-hybridized carbons (Fsp3) is 0.455. The van der Waals surface area contributed by atoms with Crippen molar-refractivity contribution in [3.8, 4) is 11.8 Å². The fourth-order valence-electron chi connectivity index (χ4n) is 8.77. The van der Waals surface area contributed by atoms with Crippen LogP contribution >= 0.6 is 0 Å². The molecule has 4 aromatic rings. The predicted molar refractivity (Wildman–Crippen MR) is 223 cm³/mol. The molecule has 1 amide bonds. The van der Waals surface area contributed by atoms with Gasteiger partial charge in [-0.25, -0.2) is 20.0 Å². The number of hydrogen-bond acceptors (Lipinski definition) is 12. The minimum absolute atomic E-state index is 0.191. The van der Waals surface area contributed by atoms with Gasteiger partial charge in [-0.3, -0.25) is 9.59 Å². The Morgan fingerprint density at radius 2 is 1.00 bits per heavy atom. The Hall–Kier alpha value is -5.92. The average Bonchev–Trinajstić information content (AvgIpc) is 3.18. The highest BCUT2D eigenvalue weighted by molar-refractivity contribution is 6.10. The number of nitrogens with two attached hydrogens (primary N) is 3. The molecule has 4 aliphatic rings. The van der Waals surface area contributed by atoms with Gasteiger partial charge < -0.3 is 31.8 Å². The van der Waals surface area contributed by atoms with Crippen LogP contribution in [0.2, 0.25) is 0 Å². The first kappa shape index (κ1) is 40.3. The highest BCUT2D eigenvalue weighted by Crippen LogP contribution is 2.42. The van der Waals surface area contributed by atoms with Crippen LogP contribution in [0.1, 0.15) is 126 Å². The Balaban J connectivity index is 0.000000177. The van der Waals surface area contributed by atoms with Crippen LogP contribution in [0.15, 0.2) is 71.2 Å². The van der Waals surface area contributed by atoms with Crippen molar-refractivity contribution in [3.05, 3.63) is 83.4 Å². The third-order valence-electron chi connectivity index (χ3n) is 11.9. The van der Waals surface area contributed by atoms with E-state index in [-0.39, 0.29) is 12.3 Å². The van der Waals surface area contributed by atoms with Crippen LogP contribution in [0.4, 0.5) is 23.0 Å². The number of carboxylic acids is 1. The number of carboxylic acid groups (broad SMARTS) is 1. The van der Waals surface area contributed by atoms with Crippen molar-refractivity contribution in [2.75, 3.05) is 11.5 Å². The second-order valence-electron chi connectivity index (χ2n) is 16.9. The smallest absolute Gasteiger partial charge is 0.303 e. The molecular formula is C44H53N9O5. The molecule has 14 nitrogen and oxygen atoms in total. The van der Waals surface area contributed by atoms with Crippen molar-refractivity contribution in [2.24, 2.45) is 27.6 Å². The van der Waals surface area contributed by atoms with Crippen LogP contribution in [0.5, 0.6) is 11.8 Å². The molecule has 7 N–H and O–H groups in total. The van der Waals surface area contributed by atoms with E-state index in [0.717, 1.165) is 73.9 Å². The lowest BCUT2D eigenvalue weighted by molar-refractivity contribution is -0.138. The van der Waals surface area contributed by atoms with E-state index in [4.69, 9.17) is 41.8 Å². The Labute approximate surface area is 338 Å². The van der Waals surface area contributed by atoms with Crippen LogP contribution in [-0.2, 0) is 9.59 Å². The van der Waals surface area contributed by atoms with Crippen molar-refractivity contribution in [2.45, 2.75) is 115 Å². The average molecular weight is 788 g/mol. The first-order valence-corrected chi connectivity index (χ1v) is 20.1. The van der Waals surface area contributed by atoms with E-state index in [0.29, 0.717) is 64.9 Å². The van der Waals surface area contributed by atoms with Gasteiger partial charge >= 0.3 is 5.97 Å². The molecule has 2 fully saturated rings. The lowest BCUT2D eigenvalue weighted by Crippen LogP contribution is -2.41. The van der Waals surface area contributed by atoms with E-state index in [1.807, 2.05) is 27.7 Å². The number of anilines is 2. The highest BCUT2D eigenvalue weighted by Gasteiger charge is 2.37. The summed E-state index contributed by atoms with van der Waals surface area (Å²) >= 11 is 0. The van der Waals surface area contributed by atoms with E-state index in [1.165, 1.54) is 23.8 Å². The largest absolute Gasteiger partial charge is 0.481 e. The maximum atomic E-state index is 11.1. The summed E-state index contributed by atoms with van der Waals surface area (Å²) in [7, 11) is 0. The molecule has 0 saturated heterocycles. The number of nitrogen functional groups attached to an aromatic ring is 2. The molecule has 0 radical (unpaired) electrons. The maximum Gasteiger partial charge on any atom is 0.303 e. The summed E-state index contributed by atoms with van der Waals surface area (Å²) in [5.41, 5.74) is 23.2. The third kappa shape index (κ3) is 8.95. The number of rotatable bonds is 8. The molecule has 0 unspecified atom stereocenters. The number of amides is 1. The first-order valence-electron chi connectivity index (χ1n) is 20.1. The van der Waals surface area contributed by atoms with E-state index >= 15 is 0 Å². The lowest BCUT2D eigenvalue weighted by Gasteiger charge is -2.32. The third-order valence-corrected chi connectivity index (χ3v) is 11.9. The van der Waals surface area contributed by atoms with E-state index < -0.39 is 17.2 Å². The van der Waals surface area contributed by atoms with Crippen LogP contribution in [0.3, 0.4) is 0 Å². The second kappa shape index (κ2) is 16.5. The zero-order valence-electron chi connectivity index (χ0n) is 33.6. The van der Waals surface area contributed by atoms with Gasteiger partial charge in [-0.15, -0.1) is 0 Å². The number of hydrogen-bond donors (Lipinski definition) is 4. The standard InChI is InChI=1S/C22H27N5O2.C22H26N4O3/c1-22(2)19(27-18-20(24)25-12-26-21(18)29-22)16-9-7-15(8-10-16)14-5-3-13(4-6-14)11-17(23)28;1-22(2)19(26-18-20(23)24-12-25-21(18)29-22)16-9-7-15(8-10-16)14-5-3-13(4-6-14)11-17(27)28/h7-10,12-14H,3-6,11H2,1-2H3,(H2,23,28)(H2,24,25,26);7-10,12-14H,3-6,11H2,1-2H3,(H,27,28)(H2,23,24,25). The molecule has 2 aromatic heterocycles. The van der Waals surface area contributed by atoms with Crippen molar-refractivity contribution in [1.82, 2.24) is 19.9 Å². The molecule has 2 aliphatic carbocycles. The summed E-state index contributed by atoms with van der Waals surface area (Å²) < 4.78 is 12.1. The minimum Gasteiger partial charge on any atom is -0.481 e. The van der Waals surface area contributed by atoms with Gasteiger partial charge in [0.1, 0.15) is 23.9 Å². The molecule has 304 valence electrons. The summed E-state index contributed by atoms with van der Waals surface area (Å²) in [6.45, 7) is 7.87. The molecule has 2 saturated carbocycles. The van der Waals surface area contributed by atoms with Gasteiger partial charge in [0.25, 0.3) is 0 Å².